The Balaban J connectivity index is 1.61. The number of carboxylic acid groups (broad SMARTS) is 1. The SMILES string of the molecule is COc1ccc2ccccc2c1CNc1ccc(N2CCOCC2)c(C(=O)O)c1. The molecule has 1 saturated heterocycles. The van der Waals surface area contributed by atoms with Crippen molar-refractivity contribution in [3.63, 3.8) is 0 Å². The number of benzene rings is 3. The fourth-order valence-corrected chi connectivity index (χ4v) is 3.78. The topological polar surface area (TPSA) is 71.0 Å². The highest BCUT2D eigenvalue weighted by atomic mass is 16.5. The maximum Gasteiger partial charge on any atom is 0.337 e. The molecular weight excluding hydrogens is 368 g/mol. The van der Waals surface area contributed by atoms with Gasteiger partial charge in [0.05, 0.1) is 31.6 Å². The molecule has 150 valence electrons. The van der Waals surface area contributed by atoms with Crippen LogP contribution >= 0.6 is 0 Å². The van der Waals surface area contributed by atoms with E-state index in [0.29, 0.717) is 38.4 Å². The molecule has 0 bridgehead atoms. The largest absolute Gasteiger partial charge is 0.496 e. The smallest absolute Gasteiger partial charge is 0.337 e. The lowest BCUT2D eigenvalue weighted by Gasteiger charge is -2.30. The van der Waals surface area contributed by atoms with Gasteiger partial charge in [0, 0.05) is 30.9 Å². The number of anilines is 2. The van der Waals surface area contributed by atoms with Crippen molar-refractivity contribution in [3.05, 3.63) is 65.7 Å². The molecule has 0 saturated carbocycles. The van der Waals surface area contributed by atoms with Gasteiger partial charge in [0.25, 0.3) is 0 Å². The fraction of sp³-hybridized carbons (Fsp3) is 0.261. The Bertz CT molecular complexity index is 1030. The van der Waals surface area contributed by atoms with Gasteiger partial charge in [0.15, 0.2) is 0 Å². The van der Waals surface area contributed by atoms with E-state index in [9.17, 15) is 9.90 Å². The molecule has 0 aliphatic carbocycles. The van der Waals surface area contributed by atoms with E-state index in [0.717, 1.165) is 33.5 Å². The first-order valence-electron chi connectivity index (χ1n) is 9.66. The van der Waals surface area contributed by atoms with Gasteiger partial charge >= 0.3 is 5.97 Å². The molecule has 3 aromatic rings. The normalized spacial score (nSPS) is 14.0. The average molecular weight is 392 g/mol. The Kier molecular flexibility index (Phi) is 5.53. The van der Waals surface area contributed by atoms with Crippen LogP contribution in [0.15, 0.2) is 54.6 Å². The van der Waals surface area contributed by atoms with E-state index < -0.39 is 5.97 Å². The lowest BCUT2D eigenvalue weighted by atomic mass is 10.0. The van der Waals surface area contributed by atoms with Gasteiger partial charge in [-0.05, 0) is 35.0 Å². The van der Waals surface area contributed by atoms with Crippen LogP contribution in [0.2, 0.25) is 0 Å². The highest BCUT2D eigenvalue weighted by Gasteiger charge is 2.19. The fourth-order valence-electron chi connectivity index (χ4n) is 3.78. The second-order valence-corrected chi connectivity index (χ2v) is 6.96. The molecule has 0 atom stereocenters. The maximum atomic E-state index is 11.9. The number of hydrogen-bond acceptors (Lipinski definition) is 5. The Morgan fingerprint density at radius 2 is 1.93 bits per heavy atom. The minimum Gasteiger partial charge on any atom is -0.496 e. The molecular formula is C23H24N2O4. The molecule has 6 nitrogen and oxygen atoms in total. The number of hydrogen-bond donors (Lipinski definition) is 2. The Labute approximate surface area is 169 Å². The van der Waals surface area contributed by atoms with Gasteiger partial charge in [0.1, 0.15) is 5.75 Å². The molecule has 3 aromatic carbocycles. The predicted molar refractivity (Wildman–Crippen MR) is 114 cm³/mol. The number of fused-ring (bicyclic) bond motifs is 1. The molecule has 29 heavy (non-hydrogen) atoms. The van der Waals surface area contributed by atoms with Crippen molar-refractivity contribution in [1.29, 1.82) is 0 Å². The van der Waals surface area contributed by atoms with E-state index in [-0.39, 0.29) is 0 Å². The Hall–Kier alpha value is -3.25. The molecule has 0 spiro atoms. The zero-order chi connectivity index (χ0) is 20.2. The Morgan fingerprint density at radius 3 is 2.69 bits per heavy atom. The number of ether oxygens (including phenoxy) is 2. The first-order chi connectivity index (χ1) is 14.2. The molecule has 1 aliphatic rings. The van der Waals surface area contributed by atoms with E-state index in [2.05, 4.69) is 22.3 Å². The van der Waals surface area contributed by atoms with Crippen LogP contribution in [0.5, 0.6) is 5.75 Å². The molecule has 4 rings (SSSR count). The summed E-state index contributed by atoms with van der Waals surface area (Å²) in [5.41, 5.74) is 2.82. The summed E-state index contributed by atoms with van der Waals surface area (Å²) in [5.74, 6) is -0.127. The number of carbonyl (C=O) groups is 1. The van der Waals surface area contributed by atoms with Crippen molar-refractivity contribution >= 4 is 28.1 Å². The first kappa shape index (κ1) is 19.1. The molecule has 0 aromatic heterocycles. The van der Waals surface area contributed by atoms with E-state index in [1.54, 1.807) is 13.2 Å². The zero-order valence-electron chi connectivity index (χ0n) is 16.4. The van der Waals surface area contributed by atoms with Gasteiger partial charge in [-0.2, -0.15) is 0 Å². The summed E-state index contributed by atoms with van der Waals surface area (Å²) in [6.07, 6.45) is 0. The molecule has 1 fully saturated rings. The minimum atomic E-state index is -0.933. The quantitative estimate of drug-likeness (QED) is 0.661. The summed E-state index contributed by atoms with van der Waals surface area (Å²) in [6, 6.07) is 17.6. The van der Waals surface area contributed by atoms with E-state index >= 15 is 0 Å². The van der Waals surface area contributed by atoms with Gasteiger partial charge in [-0.25, -0.2) is 4.79 Å². The minimum absolute atomic E-state index is 0.293. The van der Waals surface area contributed by atoms with Crippen LogP contribution in [-0.2, 0) is 11.3 Å². The highest BCUT2D eigenvalue weighted by Crippen LogP contribution is 2.30. The molecule has 2 N–H and O–H groups in total. The van der Waals surface area contributed by atoms with E-state index in [1.807, 2.05) is 36.4 Å². The summed E-state index contributed by atoms with van der Waals surface area (Å²) in [5, 5.41) is 15.3. The van der Waals surface area contributed by atoms with E-state index in [1.165, 1.54) is 0 Å². The predicted octanol–water partition coefficient (Wildman–Crippen LogP) is 4.00. The number of aromatic carboxylic acids is 1. The van der Waals surface area contributed by atoms with Crippen molar-refractivity contribution in [2.24, 2.45) is 0 Å². The average Bonchev–Trinajstić information content (AvgIpc) is 2.77. The van der Waals surface area contributed by atoms with E-state index in [4.69, 9.17) is 9.47 Å². The van der Waals surface area contributed by atoms with Gasteiger partial charge in [-0.3, -0.25) is 0 Å². The first-order valence-corrected chi connectivity index (χ1v) is 9.66. The number of morpholine rings is 1. The third kappa shape index (κ3) is 3.98. The van der Waals surface area contributed by atoms with Gasteiger partial charge in [-0.15, -0.1) is 0 Å². The molecule has 0 unspecified atom stereocenters. The summed E-state index contributed by atoms with van der Waals surface area (Å²) in [4.78, 5) is 13.9. The van der Waals surface area contributed by atoms with Crippen LogP contribution in [-0.4, -0.2) is 44.5 Å². The summed E-state index contributed by atoms with van der Waals surface area (Å²) in [7, 11) is 1.66. The number of nitrogens with zero attached hydrogens (tertiary/aromatic N) is 1. The number of carboxylic acids is 1. The zero-order valence-corrected chi connectivity index (χ0v) is 16.4. The summed E-state index contributed by atoms with van der Waals surface area (Å²) < 4.78 is 10.9. The van der Waals surface area contributed by atoms with Gasteiger partial charge in [0.2, 0.25) is 0 Å². The van der Waals surface area contributed by atoms with Gasteiger partial charge < -0.3 is 24.8 Å². The molecule has 1 heterocycles. The van der Waals surface area contributed by atoms with Crippen molar-refractivity contribution in [2.75, 3.05) is 43.6 Å². The van der Waals surface area contributed by atoms with Crippen LogP contribution < -0.4 is 15.0 Å². The van der Waals surface area contributed by atoms with Crippen LogP contribution in [0.3, 0.4) is 0 Å². The third-order valence-corrected chi connectivity index (χ3v) is 5.27. The Morgan fingerprint density at radius 1 is 1.14 bits per heavy atom. The lowest BCUT2D eigenvalue weighted by molar-refractivity contribution is 0.0696. The van der Waals surface area contributed by atoms with Crippen LogP contribution in [0.1, 0.15) is 15.9 Å². The van der Waals surface area contributed by atoms with Crippen LogP contribution in [0, 0.1) is 0 Å². The molecule has 0 radical (unpaired) electrons. The van der Waals surface area contributed by atoms with Crippen LogP contribution in [0.25, 0.3) is 10.8 Å². The van der Waals surface area contributed by atoms with Crippen molar-refractivity contribution in [1.82, 2.24) is 0 Å². The summed E-state index contributed by atoms with van der Waals surface area (Å²) in [6.45, 7) is 3.14. The maximum absolute atomic E-state index is 11.9. The summed E-state index contributed by atoms with van der Waals surface area (Å²) >= 11 is 0. The third-order valence-electron chi connectivity index (χ3n) is 5.27. The standard InChI is InChI=1S/C23H24N2O4/c1-28-22-9-6-16-4-2-3-5-18(16)20(22)15-24-17-7-8-21(19(14-17)23(26)27)25-10-12-29-13-11-25/h2-9,14,24H,10-13,15H2,1H3,(H,26,27). The lowest BCUT2D eigenvalue weighted by Crippen LogP contribution is -2.37. The number of methoxy groups -OCH3 is 1. The second-order valence-electron chi connectivity index (χ2n) is 6.96. The number of rotatable bonds is 6. The van der Waals surface area contributed by atoms with Crippen molar-refractivity contribution in [3.8, 4) is 5.75 Å². The van der Waals surface area contributed by atoms with Crippen molar-refractivity contribution in [2.45, 2.75) is 6.54 Å². The second kappa shape index (κ2) is 8.41. The molecule has 1 aliphatic heterocycles. The monoisotopic (exact) mass is 392 g/mol. The molecule has 0 amide bonds. The highest BCUT2D eigenvalue weighted by molar-refractivity contribution is 5.96. The molecule has 6 heteroatoms. The number of nitrogens with one attached hydrogen (secondary N) is 1. The van der Waals surface area contributed by atoms with Crippen LogP contribution in [0.4, 0.5) is 11.4 Å². The van der Waals surface area contributed by atoms with Crippen molar-refractivity contribution < 1.29 is 19.4 Å². The van der Waals surface area contributed by atoms with Gasteiger partial charge in [-0.1, -0.05) is 30.3 Å².